The van der Waals surface area contributed by atoms with E-state index in [1.54, 1.807) is 23.5 Å². The number of hydrogen-bond acceptors (Lipinski definition) is 5. The Morgan fingerprint density at radius 3 is 2.70 bits per heavy atom. The number of nitrogens with zero attached hydrogens (tertiary/aromatic N) is 3. The molecule has 118 valence electrons. The van der Waals surface area contributed by atoms with Gasteiger partial charge in [0.1, 0.15) is 0 Å². The minimum Gasteiger partial charge on any atom is -0.459 e. The third-order valence-corrected chi connectivity index (χ3v) is 5.26. The highest BCUT2D eigenvalue weighted by Crippen LogP contribution is 2.31. The van der Waals surface area contributed by atoms with Crippen LogP contribution in [0.25, 0.3) is 10.2 Å². The van der Waals surface area contributed by atoms with Crippen LogP contribution in [0.15, 0.2) is 41.0 Å². The minimum absolute atomic E-state index is 0.0326. The van der Waals surface area contributed by atoms with Crippen LogP contribution in [-0.4, -0.2) is 42.0 Å². The molecule has 0 N–H and O–H groups in total. The number of aryl methyl sites for hydroxylation is 1. The molecule has 1 aliphatic heterocycles. The molecule has 1 fully saturated rings. The maximum atomic E-state index is 12.3. The van der Waals surface area contributed by atoms with Gasteiger partial charge in [0, 0.05) is 26.2 Å². The number of thiazole rings is 1. The molecular formula is C17H17N3O2S. The van der Waals surface area contributed by atoms with E-state index in [2.05, 4.69) is 30.0 Å². The lowest BCUT2D eigenvalue weighted by Crippen LogP contribution is -2.48. The van der Waals surface area contributed by atoms with Crippen LogP contribution < -0.4 is 4.90 Å². The van der Waals surface area contributed by atoms with E-state index in [4.69, 9.17) is 9.40 Å². The van der Waals surface area contributed by atoms with Crippen LogP contribution in [0.5, 0.6) is 0 Å². The largest absolute Gasteiger partial charge is 0.459 e. The fraction of sp³-hybridized carbons (Fsp3) is 0.294. The first-order valence-electron chi connectivity index (χ1n) is 7.66. The average molecular weight is 327 g/mol. The summed E-state index contributed by atoms with van der Waals surface area (Å²) >= 11 is 1.72. The molecule has 2 aromatic heterocycles. The standard InChI is InChI=1S/C17H17N3O2S/c1-12-4-2-6-14-15(12)18-17(23-14)20-9-7-19(8-10-20)16(21)13-5-3-11-22-13/h2-6,11H,7-10H2,1H3. The van der Waals surface area contributed by atoms with Gasteiger partial charge in [-0.05, 0) is 30.7 Å². The number of fused-ring (bicyclic) bond motifs is 1. The molecule has 0 bridgehead atoms. The van der Waals surface area contributed by atoms with E-state index in [1.165, 1.54) is 16.5 Å². The maximum absolute atomic E-state index is 12.3. The molecule has 0 aliphatic carbocycles. The van der Waals surface area contributed by atoms with Crippen LogP contribution >= 0.6 is 11.3 Å². The number of anilines is 1. The van der Waals surface area contributed by atoms with Gasteiger partial charge in [0.25, 0.3) is 5.91 Å². The van der Waals surface area contributed by atoms with Crippen molar-refractivity contribution in [3.63, 3.8) is 0 Å². The van der Waals surface area contributed by atoms with E-state index in [9.17, 15) is 4.79 Å². The van der Waals surface area contributed by atoms with Gasteiger partial charge in [-0.2, -0.15) is 0 Å². The summed E-state index contributed by atoms with van der Waals surface area (Å²) in [5.74, 6) is 0.379. The predicted octanol–water partition coefficient (Wildman–Crippen LogP) is 3.16. The molecule has 3 heterocycles. The summed E-state index contributed by atoms with van der Waals surface area (Å²) in [6.07, 6.45) is 1.53. The van der Waals surface area contributed by atoms with Gasteiger partial charge in [-0.15, -0.1) is 0 Å². The van der Waals surface area contributed by atoms with Gasteiger partial charge < -0.3 is 14.2 Å². The number of carbonyl (C=O) groups is 1. The number of carbonyl (C=O) groups excluding carboxylic acids is 1. The molecule has 5 nitrogen and oxygen atoms in total. The molecule has 23 heavy (non-hydrogen) atoms. The van der Waals surface area contributed by atoms with Gasteiger partial charge in [-0.3, -0.25) is 4.79 Å². The van der Waals surface area contributed by atoms with E-state index in [0.717, 1.165) is 23.7 Å². The van der Waals surface area contributed by atoms with Gasteiger partial charge in [0.15, 0.2) is 10.9 Å². The van der Waals surface area contributed by atoms with Gasteiger partial charge >= 0.3 is 0 Å². The molecule has 1 amide bonds. The zero-order chi connectivity index (χ0) is 15.8. The molecule has 3 aromatic rings. The highest BCUT2D eigenvalue weighted by molar-refractivity contribution is 7.22. The van der Waals surface area contributed by atoms with Gasteiger partial charge in [0.2, 0.25) is 0 Å². The first-order chi connectivity index (χ1) is 11.2. The number of amides is 1. The summed E-state index contributed by atoms with van der Waals surface area (Å²) in [6.45, 7) is 5.06. The average Bonchev–Trinajstić information content (AvgIpc) is 3.24. The molecule has 0 unspecified atom stereocenters. The van der Waals surface area contributed by atoms with E-state index in [-0.39, 0.29) is 5.91 Å². The smallest absolute Gasteiger partial charge is 0.289 e. The number of benzene rings is 1. The second-order valence-electron chi connectivity index (χ2n) is 5.67. The van der Waals surface area contributed by atoms with Gasteiger partial charge in [0.05, 0.1) is 16.5 Å². The third kappa shape index (κ3) is 2.59. The van der Waals surface area contributed by atoms with Crippen LogP contribution in [-0.2, 0) is 0 Å². The number of piperazine rings is 1. The molecule has 4 rings (SSSR count). The molecule has 1 saturated heterocycles. The first-order valence-corrected chi connectivity index (χ1v) is 8.48. The van der Waals surface area contributed by atoms with Crippen molar-refractivity contribution in [1.29, 1.82) is 0 Å². The van der Waals surface area contributed by atoms with E-state index >= 15 is 0 Å². The summed E-state index contributed by atoms with van der Waals surface area (Å²) in [5.41, 5.74) is 2.29. The van der Waals surface area contributed by atoms with Crippen LogP contribution in [0.1, 0.15) is 16.1 Å². The fourth-order valence-electron chi connectivity index (χ4n) is 2.87. The normalized spacial score (nSPS) is 15.3. The zero-order valence-corrected chi connectivity index (χ0v) is 13.7. The molecule has 1 aromatic carbocycles. The van der Waals surface area contributed by atoms with E-state index in [0.29, 0.717) is 18.8 Å². The highest BCUT2D eigenvalue weighted by Gasteiger charge is 2.25. The summed E-state index contributed by atoms with van der Waals surface area (Å²) in [6, 6.07) is 9.73. The molecule has 1 aliphatic rings. The zero-order valence-electron chi connectivity index (χ0n) is 12.9. The first kappa shape index (κ1) is 14.3. The summed E-state index contributed by atoms with van der Waals surface area (Å²) in [7, 11) is 0. The maximum Gasteiger partial charge on any atom is 0.289 e. The number of para-hydroxylation sites is 1. The van der Waals surface area contributed by atoms with Crippen molar-refractivity contribution < 1.29 is 9.21 Å². The van der Waals surface area contributed by atoms with Crippen LogP contribution in [0.4, 0.5) is 5.13 Å². The van der Waals surface area contributed by atoms with Crippen molar-refractivity contribution in [3.8, 4) is 0 Å². The Morgan fingerprint density at radius 2 is 2.00 bits per heavy atom. The predicted molar refractivity (Wildman–Crippen MR) is 91.2 cm³/mol. The van der Waals surface area contributed by atoms with Crippen molar-refractivity contribution in [3.05, 3.63) is 47.9 Å². The summed E-state index contributed by atoms with van der Waals surface area (Å²) < 4.78 is 6.41. The second kappa shape index (κ2) is 5.70. The quantitative estimate of drug-likeness (QED) is 0.725. The Hall–Kier alpha value is -2.34. The Bertz CT molecular complexity index is 833. The molecule has 0 radical (unpaired) electrons. The van der Waals surface area contributed by atoms with Crippen molar-refractivity contribution in [1.82, 2.24) is 9.88 Å². The molecule has 0 spiro atoms. The van der Waals surface area contributed by atoms with Crippen LogP contribution in [0, 0.1) is 6.92 Å². The number of aromatic nitrogens is 1. The topological polar surface area (TPSA) is 49.6 Å². The Labute approximate surface area is 138 Å². The lowest BCUT2D eigenvalue weighted by Gasteiger charge is -2.34. The fourth-order valence-corrected chi connectivity index (χ4v) is 3.96. The van der Waals surface area contributed by atoms with E-state index < -0.39 is 0 Å². The second-order valence-corrected chi connectivity index (χ2v) is 6.68. The Kier molecular flexibility index (Phi) is 3.53. The highest BCUT2D eigenvalue weighted by atomic mass is 32.1. The number of rotatable bonds is 2. The van der Waals surface area contributed by atoms with Gasteiger partial charge in [-0.1, -0.05) is 23.5 Å². The third-order valence-electron chi connectivity index (χ3n) is 4.18. The van der Waals surface area contributed by atoms with Gasteiger partial charge in [-0.25, -0.2) is 4.98 Å². The van der Waals surface area contributed by atoms with Crippen molar-refractivity contribution in [2.45, 2.75) is 6.92 Å². The number of hydrogen-bond donors (Lipinski definition) is 0. The Morgan fingerprint density at radius 1 is 1.17 bits per heavy atom. The van der Waals surface area contributed by atoms with Crippen LogP contribution in [0.2, 0.25) is 0 Å². The van der Waals surface area contributed by atoms with E-state index in [1.807, 2.05) is 4.90 Å². The molecule has 6 heteroatoms. The number of furan rings is 1. The van der Waals surface area contributed by atoms with Crippen molar-refractivity contribution in [2.24, 2.45) is 0 Å². The Balaban J connectivity index is 1.48. The summed E-state index contributed by atoms with van der Waals surface area (Å²) in [5, 5.41) is 1.04. The lowest BCUT2D eigenvalue weighted by molar-refractivity contribution is 0.0714. The summed E-state index contributed by atoms with van der Waals surface area (Å²) in [4.78, 5) is 21.2. The SMILES string of the molecule is Cc1cccc2sc(N3CCN(C(=O)c4ccco4)CC3)nc12. The molecule has 0 saturated carbocycles. The molecular weight excluding hydrogens is 310 g/mol. The van der Waals surface area contributed by atoms with Crippen molar-refractivity contribution >= 4 is 32.6 Å². The van der Waals surface area contributed by atoms with Crippen molar-refractivity contribution in [2.75, 3.05) is 31.1 Å². The monoisotopic (exact) mass is 327 g/mol. The van der Waals surface area contributed by atoms with Crippen LogP contribution in [0.3, 0.4) is 0 Å². The lowest BCUT2D eigenvalue weighted by atomic mass is 10.2. The molecule has 0 atom stereocenters. The minimum atomic E-state index is -0.0326.